The molecule has 7 nitrogen and oxygen atoms in total. The third kappa shape index (κ3) is 5.31. The van der Waals surface area contributed by atoms with Crippen molar-refractivity contribution < 1.29 is 23.1 Å². The van der Waals surface area contributed by atoms with Crippen LogP contribution in [0.1, 0.15) is 18.5 Å². The minimum Gasteiger partial charge on any atom is -0.463 e. The molecule has 2 aromatic carbocycles. The van der Waals surface area contributed by atoms with Gasteiger partial charge < -0.3 is 20.3 Å². The lowest BCUT2D eigenvalue weighted by molar-refractivity contribution is -0.139. The fraction of sp³-hybridized carbons (Fsp3) is 0.333. The van der Waals surface area contributed by atoms with Crippen LogP contribution in [0.15, 0.2) is 53.7 Å². The number of carbonyl (C=O) groups is 2. The van der Waals surface area contributed by atoms with Crippen molar-refractivity contribution in [2.75, 3.05) is 44.2 Å². The maximum absolute atomic E-state index is 13.9. The highest BCUT2D eigenvalue weighted by molar-refractivity contribution is 6.30. The van der Waals surface area contributed by atoms with Crippen molar-refractivity contribution in [2.24, 2.45) is 0 Å². The highest BCUT2D eigenvalue weighted by Gasteiger charge is 2.35. The smallest absolute Gasteiger partial charge is 0.338 e. The molecule has 0 bridgehead atoms. The van der Waals surface area contributed by atoms with Crippen molar-refractivity contribution >= 4 is 29.3 Å². The van der Waals surface area contributed by atoms with Gasteiger partial charge in [0.05, 0.1) is 18.2 Å². The summed E-state index contributed by atoms with van der Waals surface area (Å²) < 4.78 is 32.6. The first-order chi connectivity index (χ1) is 16.4. The normalized spacial score (nSPS) is 19.0. The number of nitrogens with one attached hydrogen (secondary N) is 2. The predicted octanol–water partition coefficient (Wildman–Crippen LogP) is 3.61. The monoisotopic (exact) mass is 490 g/mol. The van der Waals surface area contributed by atoms with Crippen LogP contribution in [-0.2, 0) is 9.53 Å². The molecule has 10 heteroatoms. The number of hydrogen-bond acceptors (Lipinski definition) is 5. The van der Waals surface area contributed by atoms with Crippen LogP contribution in [0.25, 0.3) is 0 Å². The SMILES string of the molecule is CCOC(=O)C1=C(CN2CCN(c3ccc(Cl)cc3)CC2)NC(=O)N[C@H]1c1ccc(F)c(F)c1. The first-order valence-corrected chi connectivity index (χ1v) is 11.4. The molecular weight excluding hydrogens is 466 g/mol. The van der Waals surface area contributed by atoms with E-state index in [2.05, 4.69) is 20.4 Å². The summed E-state index contributed by atoms with van der Waals surface area (Å²) in [4.78, 5) is 29.7. The minimum atomic E-state index is -1.06. The Morgan fingerprint density at radius 1 is 1.09 bits per heavy atom. The van der Waals surface area contributed by atoms with Gasteiger partial charge in [-0.2, -0.15) is 0 Å². The number of rotatable bonds is 6. The van der Waals surface area contributed by atoms with Crippen LogP contribution >= 0.6 is 11.6 Å². The summed E-state index contributed by atoms with van der Waals surface area (Å²) in [5.41, 5.74) is 1.88. The molecule has 1 saturated heterocycles. The van der Waals surface area contributed by atoms with Crippen LogP contribution in [0.3, 0.4) is 0 Å². The number of ether oxygens (including phenoxy) is 1. The molecule has 0 unspecified atom stereocenters. The van der Waals surface area contributed by atoms with Crippen molar-refractivity contribution in [3.8, 4) is 0 Å². The van der Waals surface area contributed by atoms with Crippen LogP contribution in [0.5, 0.6) is 0 Å². The molecule has 2 aliphatic rings. The molecule has 2 amide bonds. The van der Waals surface area contributed by atoms with Crippen LogP contribution in [0, 0.1) is 11.6 Å². The third-order valence-electron chi connectivity index (χ3n) is 5.87. The number of piperazine rings is 1. The van der Waals surface area contributed by atoms with Crippen LogP contribution in [-0.4, -0.2) is 56.2 Å². The van der Waals surface area contributed by atoms with Gasteiger partial charge in [-0.25, -0.2) is 18.4 Å². The second kappa shape index (κ2) is 10.4. The van der Waals surface area contributed by atoms with Crippen LogP contribution in [0.2, 0.25) is 5.02 Å². The van der Waals surface area contributed by atoms with Crippen molar-refractivity contribution in [2.45, 2.75) is 13.0 Å². The topological polar surface area (TPSA) is 73.9 Å². The molecule has 0 aromatic heterocycles. The van der Waals surface area contributed by atoms with Gasteiger partial charge in [0.2, 0.25) is 0 Å². The summed E-state index contributed by atoms with van der Waals surface area (Å²) in [5.74, 6) is -2.70. The molecule has 34 heavy (non-hydrogen) atoms. The number of urea groups is 1. The van der Waals surface area contributed by atoms with E-state index in [9.17, 15) is 18.4 Å². The largest absolute Gasteiger partial charge is 0.463 e. The maximum atomic E-state index is 13.9. The van der Waals surface area contributed by atoms with Gasteiger partial charge in [0.15, 0.2) is 11.6 Å². The summed E-state index contributed by atoms with van der Waals surface area (Å²) in [5, 5.41) is 6.03. The number of hydrogen-bond donors (Lipinski definition) is 2. The average molecular weight is 491 g/mol. The van der Waals surface area contributed by atoms with E-state index in [0.717, 1.165) is 30.9 Å². The molecule has 1 atom stereocenters. The summed E-state index contributed by atoms with van der Waals surface area (Å²) in [7, 11) is 0. The highest BCUT2D eigenvalue weighted by atomic mass is 35.5. The van der Waals surface area contributed by atoms with E-state index < -0.39 is 29.7 Å². The van der Waals surface area contributed by atoms with E-state index in [4.69, 9.17) is 16.3 Å². The minimum absolute atomic E-state index is 0.133. The number of benzene rings is 2. The van der Waals surface area contributed by atoms with E-state index in [-0.39, 0.29) is 17.7 Å². The molecule has 0 radical (unpaired) electrons. The predicted molar refractivity (Wildman–Crippen MR) is 125 cm³/mol. The van der Waals surface area contributed by atoms with E-state index in [1.54, 1.807) is 6.92 Å². The molecule has 4 rings (SSSR count). The second-order valence-corrected chi connectivity index (χ2v) is 8.49. The van der Waals surface area contributed by atoms with Crippen molar-refractivity contribution in [3.63, 3.8) is 0 Å². The summed E-state index contributed by atoms with van der Waals surface area (Å²) in [6, 6.07) is 9.44. The van der Waals surface area contributed by atoms with E-state index >= 15 is 0 Å². The Bertz CT molecular complexity index is 1100. The molecule has 180 valence electrons. The number of esters is 1. The third-order valence-corrected chi connectivity index (χ3v) is 6.12. The lowest BCUT2D eigenvalue weighted by Gasteiger charge is -2.38. The van der Waals surface area contributed by atoms with Gasteiger partial charge in [-0.1, -0.05) is 17.7 Å². The summed E-state index contributed by atoms with van der Waals surface area (Å²) in [6.07, 6.45) is 0. The van der Waals surface area contributed by atoms with E-state index in [0.29, 0.717) is 30.4 Å². The Kier molecular flexibility index (Phi) is 7.33. The number of carbonyl (C=O) groups excluding carboxylic acids is 2. The van der Waals surface area contributed by atoms with Gasteiger partial charge >= 0.3 is 12.0 Å². The van der Waals surface area contributed by atoms with Crippen molar-refractivity contribution in [1.82, 2.24) is 15.5 Å². The molecule has 0 saturated carbocycles. The molecule has 2 heterocycles. The fourth-order valence-corrected chi connectivity index (χ4v) is 4.30. The number of anilines is 1. The quantitative estimate of drug-likeness (QED) is 0.605. The molecule has 2 aliphatic heterocycles. The number of halogens is 3. The van der Waals surface area contributed by atoms with Gasteiger partial charge in [0.25, 0.3) is 0 Å². The van der Waals surface area contributed by atoms with Crippen LogP contribution in [0.4, 0.5) is 19.3 Å². The number of amides is 2. The lowest BCUT2D eigenvalue weighted by Crippen LogP contribution is -2.51. The van der Waals surface area contributed by atoms with Gasteiger partial charge in [-0.3, -0.25) is 4.90 Å². The molecule has 2 aromatic rings. The first-order valence-electron chi connectivity index (χ1n) is 11.0. The molecule has 0 spiro atoms. The zero-order valence-corrected chi connectivity index (χ0v) is 19.4. The van der Waals surface area contributed by atoms with Crippen molar-refractivity contribution in [3.05, 3.63) is 76.0 Å². The van der Waals surface area contributed by atoms with Gasteiger partial charge in [-0.15, -0.1) is 0 Å². The summed E-state index contributed by atoms with van der Waals surface area (Å²) >= 11 is 5.98. The Hall–Kier alpha value is -3.17. The molecule has 0 aliphatic carbocycles. The molecule has 1 fully saturated rings. The van der Waals surface area contributed by atoms with Gasteiger partial charge in [0, 0.05) is 49.1 Å². The molecular formula is C24H25ClF2N4O3. The van der Waals surface area contributed by atoms with Crippen molar-refractivity contribution in [1.29, 1.82) is 0 Å². The maximum Gasteiger partial charge on any atom is 0.338 e. The summed E-state index contributed by atoms with van der Waals surface area (Å²) in [6.45, 7) is 5.01. The first kappa shape index (κ1) is 24.0. The van der Waals surface area contributed by atoms with Gasteiger partial charge in [0.1, 0.15) is 0 Å². The Morgan fingerprint density at radius 3 is 2.44 bits per heavy atom. The highest BCUT2D eigenvalue weighted by Crippen LogP contribution is 2.29. The number of nitrogens with zero attached hydrogens (tertiary/aromatic N) is 2. The standard InChI is InChI=1S/C24H25ClF2N4O3/c1-2-34-23(32)21-20(28-24(33)29-22(21)15-3-8-18(26)19(27)13-15)14-30-9-11-31(12-10-30)17-6-4-16(25)5-7-17/h3-8,13,22H,2,9-12,14H2,1H3,(H2,28,29,33)/t22-/m0/s1. The van der Waals surface area contributed by atoms with E-state index in [1.165, 1.54) is 6.07 Å². The Balaban J connectivity index is 1.56. The second-order valence-electron chi connectivity index (χ2n) is 8.06. The molecule has 2 N–H and O–H groups in total. The van der Waals surface area contributed by atoms with Gasteiger partial charge in [-0.05, 0) is 48.9 Å². The fourth-order valence-electron chi connectivity index (χ4n) is 4.17. The lowest BCUT2D eigenvalue weighted by atomic mass is 9.94. The zero-order chi connectivity index (χ0) is 24.2. The Morgan fingerprint density at radius 2 is 1.79 bits per heavy atom. The Labute approximate surface area is 201 Å². The van der Waals surface area contributed by atoms with Crippen LogP contribution < -0.4 is 15.5 Å². The zero-order valence-electron chi connectivity index (χ0n) is 18.6. The van der Waals surface area contributed by atoms with E-state index in [1.807, 2.05) is 24.3 Å². The average Bonchev–Trinajstić information content (AvgIpc) is 2.81.